The molecular formula is C55H54N10. The molecular weight excluding hydrogens is 801 g/mol. The van der Waals surface area contributed by atoms with E-state index in [1.165, 1.54) is 0 Å². The molecule has 3 aliphatic heterocycles. The van der Waals surface area contributed by atoms with E-state index < -0.39 is 6.17 Å². The lowest BCUT2D eigenvalue weighted by molar-refractivity contribution is 0.795. The molecule has 0 fully saturated rings. The van der Waals surface area contributed by atoms with Crippen molar-refractivity contribution in [3.8, 4) is 23.7 Å². The number of hydrogen-bond acceptors (Lipinski definition) is 8. The third kappa shape index (κ3) is 9.53. The average Bonchev–Trinajstić information content (AvgIpc) is 4.07. The van der Waals surface area contributed by atoms with Crippen LogP contribution in [0.3, 0.4) is 0 Å². The van der Waals surface area contributed by atoms with Crippen LogP contribution in [0, 0.1) is 23.7 Å². The molecule has 324 valence electrons. The van der Waals surface area contributed by atoms with E-state index in [2.05, 4.69) is 70.5 Å². The van der Waals surface area contributed by atoms with Crippen molar-refractivity contribution in [3.05, 3.63) is 189 Å². The fourth-order valence-corrected chi connectivity index (χ4v) is 7.54. The van der Waals surface area contributed by atoms with E-state index in [9.17, 15) is 0 Å². The van der Waals surface area contributed by atoms with E-state index in [1.807, 2.05) is 151 Å². The molecule has 0 saturated carbocycles. The van der Waals surface area contributed by atoms with Crippen LogP contribution in [0.1, 0.15) is 116 Å². The molecule has 9 N–H and O–H groups in total. The number of anilines is 4. The van der Waals surface area contributed by atoms with Crippen LogP contribution in [0.25, 0.3) is 10.8 Å². The van der Waals surface area contributed by atoms with E-state index >= 15 is 0 Å². The molecule has 0 bridgehead atoms. The number of aromatic amines is 1. The minimum absolute atomic E-state index is 0.0567. The summed E-state index contributed by atoms with van der Waals surface area (Å²) in [7, 11) is 0. The maximum absolute atomic E-state index is 6.37. The lowest BCUT2D eigenvalue weighted by Gasteiger charge is -2.09. The third-order valence-electron chi connectivity index (χ3n) is 10.6. The number of nitrogen functional groups attached to an aromatic ring is 3. The van der Waals surface area contributed by atoms with Crippen LogP contribution in [0.5, 0.6) is 0 Å². The van der Waals surface area contributed by atoms with Crippen molar-refractivity contribution < 1.29 is 0 Å². The summed E-state index contributed by atoms with van der Waals surface area (Å²) in [4.78, 5) is 23.8. The molecule has 0 spiro atoms. The molecule has 2 unspecified atom stereocenters. The number of rotatable bonds is 2. The first kappa shape index (κ1) is 44.7. The first-order valence-corrected chi connectivity index (χ1v) is 22.2. The monoisotopic (exact) mass is 854 g/mol. The van der Waals surface area contributed by atoms with Gasteiger partial charge in [0.05, 0.1) is 6.04 Å². The molecule has 0 aliphatic carbocycles. The highest BCUT2D eigenvalue weighted by molar-refractivity contribution is 6.27. The Labute approximate surface area is 382 Å². The lowest BCUT2D eigenvalue weighted by Crippen LogP contribution is -2.30. The second-order valence-electron chi connectivity index (χ2n) is 14.5. The fraction of sp³-hybridized carbons (Fsp3) is 0.164. The lowest BCUT2D eigenvalue weighted by atomic mass is 10.0. The summed E-state index contributed by atoms with van der Waals surface area (Å²) >= 11 is 0. The first-order valence-electron chi connectivity index (χ1n) is 22.2. The van der Waals surface area contributed by atoms with Gasteiger partial charge in [-0.15, -0.1) is 0 Å². The van der Waals surface area contributed by atoms with E-state index in [-0.39, 0.29) is 6.04 Å². The summed E-state index contributed by atoms with van der Waals surface area (Å²) in [6, 6.07) is 43.4. The van der Waals surface area contributed by atoms with Crippen LogP contribution < -0.4 is 27.8 Å². The predicted octanol–water partition coefficient (Wildman–Crippen LogP) is 11.0. The number of nitrogens with zero attached hydrogens (tertiary/aromatic N) is 4. The van der Waals surface area contributed by atoms with Crippen LogP contribution >= 0.6 is 0 Å². The van der Waals surface area contributed by atoms with Gasteiger partial charge in [0.1, 0.15) is 29.1 Å². The number of aromatic nitrogens is 1. The number of nitrogens with one attached hydrogen (secondary N) is 3. The molecule has 7 aromatic rings. The summed E-state index contributed by atoms with van der Waals surface area (Å²) in [5.41, 5.74) is 28.8. The Morgan fingerprint density at radius 1 is 0.508 bits per heavy atom. The maximum atomic E-state index is 6.37. The Balaban J connectivity index is 0.00000101. The molecule has 10 nitrogen and oxygen atoms in total. The van der Waals surface area contributed by atoms with Gasteiger partial charge in [0.2, 0.25) is 0 Å². The Morgan fingerprint density at radius 2 is 1.03 bits per heavy atom. The third-order valence-corrected chi connectivity index (χ3v) is 10.6. The maximum Gasteiger partial charge on any atom is 0.170 e. The largest absolute Gasteiger partial charge is 0.399 e. The first-order chi connectivity index (χ1) is 31.8. The number of hydrogen-bond donors (Lipinski definition) is 6. The molecule has 0 radical (unpaired) electrons. The molecule has 1 aromatic heterocycles. The minimum Gasteiger partial charge on any atom is -0.399 e. The molecule has 10 rings (SSSR count). The number of fused-ring (bicyclic) bond motifs is 4. The van der Waals surface area contributed by atoms with Gasteiger partial charge in [-0.05, 0) is 97.4 Å². The van der Waals surface area contributed by atoms with E-state index in [1.54, 1.807) is 0 Å². The Morgan fingerprint density at radius 3 is 1.69 bits per heavy atom. The van der Waals surface area contributed by atoms with Crippen molar-refractivity contribution in [2.45, 2.75) is 60.7 Å². The number of amidine groups is 4. The second-order valence-corrected chi connectivity index (χ2v) is 14.5. The minimum atomic E-state index is -0.559. The van der Waals surface area contributed by atoms with Crippen molar-refractivity contribution >= 4 is 57.1 Å². The van der Waals surface area contributed by atoms with Gasteiger partial charge in [-0.25, -0.2) is 15.0 Å². The molecule has 0 amide bonds. The van der Waals surface area contributed by atoms with E-state index in [0.717, 1.165) is 78.1 Å². The molecule has 0 saturated heterocycles. The highest BCUT2D eigenvalue weighted by Gasteiger charge is 2.31. The van der Waals surface area contributed by atoms with Crippen molar-refractivity contribution in [2.24, 2.45) is 20.0 Å². The van der Waals surface area contributed by atoms with Crippen LogP contribution in [-0.2, 0) is 0 Å². The predicted molar refractivity (Wildman–Crippen MR) is 274 cm³/mol. The van der Waals surface area contributed by atoms with Gasteiger partial charge in [-0.1, -0.05) is 114 Å². The molecule has 2 atom stereocenters. The number of aliphatic imine (C=N–C) groups is 4. The Bertz CT molecular complexity index is 3110. The van der Waals surface area contributed by atoms with Gasteiger partial charge in [-0.3, -0.25) is 4.99 Å². The van der Waals surface area contributed by atoms with Gasteiger partial charge < -0.3 is 32.8 Å². The number of H-pyrrole nitrogens is 1. The molecule has 65 heavy (non-hydrogen) atoms. The zero-order chi connectivity index (χ0) is 46.0. The zero-order valence-corrected chi connectivity index (χ0v) is 37.9. The summed E-state index contributed by atoms with van der Waals surface area (Å²) in [5.74, 6) is 17.0. The van der Waals surface area contributed by atoms with Crippen molar-refractivity contribution in [3.63, 3.8) is 0 Å². The zero-order valence-electron chi connectivity index (χ0n) is 37.9. The molecule has 3 aliphatic rings. The van der Waals surface area contributed by atoms with Gasteiger partial charge in [0, 0.05) is 72.2 Å². The normalized spacial score (nSPS) is 15.2. The van der Waals surface area contributed by atoms with Crippen molar-refractivity contribution in [2.75, 3.05) is 22.5 Å². The summed E-state index contributed by atoms with van der Waals surface area (Å²) in [6.45, 7) is 14.1. The SMILES string of the molecule is CC.CC.CC.CC1N=C(NC2=NC(/N=C3\N=C(Nc4[nH]c(N)c5ccccc45)c4ccc(C#Cc5ccc(N)cc5)cc43)c3ccccc32)c2ccc(C#Cc3ccc(N)cc3)cc21. The van der Waals surface area contributed by atoms with Gasteiger partial charge in [0.15, 0.2) is 12.0 Å². The van der Waals surface area contributed by atoms with Gasteiger partial charge >= 0.3 is 0 Å². The van der Waals surface area contributed by atoms with E-state index in [0.29, 0.717) is 34.7 Å². The van der Waals surface area contributed by atoms with Gasteiger partial charge in [0.25, 0.3) is 0 Å². The molecule has 4 heterocycles. The highest BCUT2D eigenvalue weighted by Crippen LogP contribution is 2.35. The van der Waals surface area contributed by atoms with Crippen LogP contribution in [0.2, 0.25) is 0 Å². The topological polar surface area (TPSA) is 167 Å². The Hall–Kier alpha value is -8.34. The second kappa shape index (κ2) is 20.2. The van der Waals surface area contributed by atoms with Crippen molar-refractivity contribution in [1.82, 2.24) is 10.3 Å². The standard InChI is InChI=1S/C49H36N10.3C2H6/c1-28-41-26-31(12-10-29-14-20-33(50)21-15-29)18-24-39(41)44(53-28)55-46-37-8-4-5-9-38(37)47(57-46)58-49-42-27-32(13-11-30-16-22-34(51)23-17-30)19-25-40(42)48(59-49)56-45-36-7-3-2-6-35(36)43(52)54-45;3*1-2/h2-9,14-28,47,54H,50-52H2,1H3,(H,53,55,57)(H,56,58,59);3*1-2H3. The van der Waals surface area contributed by atoms with Crippen LogP contribution in [-0.4, -0.2) is 28.3 Å². The summed E-state index contributed by atoms with van der Waals surface area (Å²) in [6.07, 6.45) is -0.559. The number of benzene rings is 6. The van der Waals surface area contributed by atoms with Gasteiger partial charge in [-0.2, -0.15) is 0 Å². The van der Waals surface area contributed by atoms with Crippen LogP contribution in [0.4, 0.5) is 23.0 Å². The average molecular weight is 855 g/mol. The molecule has 6 aromatic carbocycles. The summed E-state index contributed by atoms with van der Waals surface area (Å²) in [5, 5.41) is 8.99. The van der Waals surface area contributed by atoms with Crippen molar-refractivity contribution in [1.29, 1.82) is 0 Å². The fourth-order valence-electron chi connectivity index (χ4n) is 7.54. The molecule has 10 heteroatoms. The summed E-state index contributed by atoms with van der Waals surface area (Å²) < 4.78 is 0. The smallest absolute Gasteiger partial charge is 0.170 e. The quantitative estimate of drug-likeness (QED) is 0.0751. The van der Waals surface area contributed by atoms with E-state index in [4.69, 9.17) is 37.2 Å². The highest BCUT2D eigenvalue weighted by atomic mass is 15.2. The Kier molecular flexibility index (Phi) is 13.9. The number of nitrogens with two attached hydrogens (primary N) is 3. The van der Waals surface area contributed by atoms with Crippen LogP contribution in [0.15, 0.2) is 153 Å².